The molecular weight excluding hydrogens is 218 g/mol. The maximum atomic E-state index is 5.55. The van der Waals surface area contributed by atoms with Gasteiger partial charge in [-0.3, -0.25) is 4.68 Å². The molecule has 1 N–H and O–H groups in total. The Morgan fingerprint density at radius 1 is 1.65 bits per heavy atom. The fourth-order valence-corrected chi connectivity index (χ4v) is 2.12. The highest BCUT2D eigenvalue weighted by atomic mass is 16.5. The second-order valence-electron chi connectivity index (χ2n) is 4.33. The minimum atomic E-state index is 0.257. The molecule has 1 fully saturated rings. The average molecular weight is 239 g/mol. The van der Waals surface area contributed by atoms with Crippen molar-refractivity contribution in [3.63, 3.8) is 0 Å². The Morgan fingerprint density at radius 2 is 2.53 bits per heavy atom. The van der Waals surface area contributed by atoms with Crippen molar-refractivity contribution in [2.45, 2.75) is 31.8 Å². The predicted octanol–water partition coefficient (Wildman–Crippen LogP) is 1.22. The number of rotatable bonds is 5. The highest BCUT2D eigenvalue weighted by Crippen LogP contribution is 2.21. The first-order chi connectivity index (χ1) is 8.35. The molecule has 1 aliphatic rings. The maximum absolute atomic E-state index is 5.55. The summed E-state index contributed by atoms with van der Waals surface area (Å²) < 4.78 is 13.0. The lowest BCUT2D eigenvalue weighted by Crippen LogP contribution is -2.42. The van der Waals surface area contributed by atoms with E-state index in [0.29, 0.717) is 12.6 Å². The molecule has 2 heterocycles. The zero-order valence-electron chi connectivity index (χ0n) is 10.6. The molecule has 96 valence electrons. The van der Waals surface area contributed by atoms with E-state index in [1.807, 2.05) is 17.9 Å². The van der Waals surface area contributed by atoms with Crippen LogP contribution < -0.4 is 10.1 Å². The molecule has 0 bridgehead atoms. The number of ether oxygens (including phenoxy) is 2. The highest BCUT2D eigenvalue weighted by molar-refractivity contribution is 5.12. The van der Waals surface area contributed by atoms with Gasteiger partial charge in [-0.1, -0.05) is 6.92 Å². The van der Waals surface area contributed by atoms with Gasteiger partial charge in [-0.25, -0.2) is 0 Å². The van der Waals surface area contributed by atoms with Crippen molar-refractivity contribution in [3.8, 4) is 5.75 Å². The topological polar surface area (TPSA) is 48.3 Å². The van der Waals surface area contributed by atoms with Crippen molar-refractivity contribution in [2.24, 2.45) is 0 Å². The first-order valence-electron chi connectivity index (χ1n) is 6.27. The van der Waals surface area contributed by atoms with Gasteiger partial charge in [0.15, 0.2) is 5.75 Å². The Morgan fingerprint density at radius 3 is 3.29 bits per heavy atom. The molecule has 1 aliphatic heterocycles. The van der Waals surface area contributed by atoms with Gasteiger partial charge in [0.05, 0.1) is 31.6 Å². The molecule has 0 spiro atoms. The summed E-state index contributed by atoms with van der Waals surface area (Å²) in [5.41, 5.74) is 0. The second-order valence-corrected chi connectivity index (χ2v) is 4.33. The van der Waals surface area contributed by atoms with E-state index < -0.39 is 0 Å². The Balaban J connectivity index is 2.02. The van der Waals surface area contributed by atoms with Crippen LogP contribution in [0.25, 0.3) is 0 Å². The first-order valence-corrected chi connectivity index (χ1v) is 6.27. The Kier molecular flexibility index (Phi) is 4.39. The molecule has 1 aromatic rings. The summed E-state index contributed by atoms with van der Waals surface area (Å²) in [7, 11) is 1.99. The van der Waals surface area contributed by atoms with Crippen LogP contribution in [0.2, 0.25) is 0 Å². The summed E-state index contributed by atoms with van der Waals surface area (Å²) in [6, 6.07) is 0.676. The summed E-state index contributed by atoms with van der Waals surface area (Å²) in [6.45, 7) is 4.36. The smallest absolute Gasteiger partial charge is 0.157 e. The molecule has 0 aliphatic carbocycles. The van der Waals surface area contributed by atoms with Crippen LogP contribution in [-0.4, -0.2) is 42.7 Å². The molecule has 0 amide bonds. The van der Waals surface area contributed by atoms with E-state index in [9.17, 15) is 0 Å². The fourth-order valence-electron chi connectivity index (χ4n) is 2.12. The number of aromatic nitrogens is 2. The molecule has 0 saturated carbocycles. The van der Waals surface area contributed by atoms with Crippen LogP contribution in [0, 0.1) is 0 Å². The molecule has 5 nitrogen and oxygen atoms in total. The van der Waals surface area contributed by atoms with Crippen LogP contribution in [0.15, 0.2) is 12.4 Å². The van der Waals surface area contributed by atoms with Gasteiger partial charge in [0, 0.05) is 12.6 Å². The van der Waals surface area contributed by atoms with Gasteiger partial charge in [0.1, 0.15) is 0 Å². The number of likely N-dealkylation sites (N-methyl/N-ethyl adjacent to an activating group) is 1. The summed E-state index contributed by atoms with van der Waals surface area (Å²) >= 11 is 0. The van der Waals surface area contributed by atoms with Crippen LogP contribution in [0.4, 0.5) is 0 Å². The van der Waals surface area contributed by atoms with Gasteiger partial charge < -0.3 is 14.8 Å². The molecule has 2 rings (SSSR count). The minimum absolute atomic E-state index is 0.257. The number of hydrogen-bond acceptors (Lipinski definition) is 4. The van der Waals surface area contributed by atoms with Gasteiger partial charge in [0.2, 0.25) is 0 Å². The lowest BCUT2D eigenvalue weighted by Gasteiger charge is -2.31. The van der Waals surface area contributed by atoms with Crippen molar-refractivity contribution in [3.05, 3.63) is 12.4 Å². The largest absolute Gasteiger partial charge is 0.490 e. The van der Waals surface area contributed by atoms with Crippen LogP contribution >= 0.6 is 0 Å². The number of hydrogen-bond donors (Lipinski definition) is 1. The lowest BCUT2D eigenvalue weighted by atomic mass is 10.0. The quantitative estimate of drug-likeness (QED) is 0.839. The van der Waals surface area contributed by atoms with Crippen molar-refractivity contribution < 1.29 is 9.47 Å². The van der Waals surface area contributed by atoms with E-state index in [0.717, 1.165) is 31.8 Å². The molecule has 1 saturated heterocycles. The zero-order chi connectivity index (χ0) is 12.1. The Labute approximate surface area is 102 Å². The molecule has 0 aromatic carbocycles. The second kappa shape index (κ2) is 6.02. The lowest BCUT2D eigenvalue weighted by molar-refractivity contribution is 0.0346. The third-order valence-corrected chi connectivity index (χ3v) is 3.09. The molecule has 17 heavy (non-hydrogen) atoms. The van der Waals surface area contributed by atoms with Crippen molar-refractivity contribution in [1.29, 1.82) is 0 Å². The molecule has 5 heteroatoms. The van der Waals surface area contributed by atoms with E-state index >= 15 is 0 Å². The minimum Gasteiger partial charge on any atom is -0.490 e. The predicted molar refractivity (Wildman–Crippen MR) is 65.3 cm³/mol. The monoisotopic (exact) mass is 239 g/mol. The van der Waals surface area contributed by atoms with E-state index in [2.05, 4.69) is 17.3 Å². The van der Waals surface area contributed by atoms with Gasteiger partial charge in [-0.15, -0.1) is 0 Å². The summed E-state index contributed by atoms with van der Waals surface area (Å²) in [4.78, 5) is 0. The highest BCUT2D eigenvalue weighted by Gasteiger charge is 2.26. The zero-order valence-corrected chi connectivity index (χ0v) is 10.6. The molecule has 2 atom stereocenters. The van der Waals surface area contributed by atoms with Crippen LogP contribution in [0.1, 0.15) is 25.8 Å². The summed E-state index contributed by atoms with van der Waals surface area (Å²) in [5.74, 6) is 0.840. The molecule has 0 radical (unpaired) electrons. The fraction of sp³-hybridized carbons (Fsp3) is 0.750. The van der Waals surface area contributed by atoms with E-state index in [-0.39, 0.29) is 6.04 Å². The SMILES string of the molecule is CCCOc1cnn(C2COCCC2NC)c1. The van der Waals surface area contributed by atoms with Crippen LogP contribution in [0.3, 0.4) is 0 Å². The van der Waals surface area contributed by atoms with Gasteiger partial charge >= 0.3 is 0 Å². The van der Waals surface area contributed by atoms with E-state index in [4.69, 9.17) is 9.47 Å². The molecule has 1 aromatic heterocycles. The normalized spacial score (nSPS) is 24.8. The average Bonchev–Trinajstić information content (AvgIpc) is 2.85. The Bertz CT molecular complexity index is 340. The van der Waals surface area contributed by atoms with Crippen molar-refractivity contribution >= 4 is 0 Å². The molecule has 2 unspecified atom stereocenters. The van der Waals surface area contributed by atoms with Gasteiger partial charge in [-0.05, 0) is 19.9 Å². The number of nitrogens with one attached hydrogen (secondary N) is 1. The van der Waals surface area contributed by atoms with Crippen molar-refractivity contribution in [2.75, 3.05) is 26.9 Å². The molecular formula is C12H21N3O2. The standard InChI is InChI=1S/C12H21N3O2/c1-3-5-17-10-7-14-15(8-10)12-9-16-6-4-11(12)13-2/h7-8,11-13H,3-6,9H2,1-2H3. The van der Waals surface area contributed by atoms with Gasteiger partial charge in [-0.2, -0.15) is 5.10 Å². The third-order valence-electron chi connectivity index (χ3n) is 3.09. The summed E-state index contributed by atoms with van der Waals surface area (Å²) in [5, 5.41) is 7.69. The van der Waals surface area contributed by atoms with Gasteiger partial charge in [0.25, 0.3) is 0 Å². The first kappa shape index (κ1) is 12.4. The van der Waals surface area contributed by atoms with Crippen molar-refractivity contribution in [1.82, 2.24) is 15.1 Å². The Hall–Kier alpha value is -1.07. The number of nitrogens with zero attached hydrogens (tertiary/aromatic N) is 2. The van der Waals surface area contributed by atoms with E-state index in [1.54, 1.807) is 6.20 Å². The van der Waals surface area contributed by atoms with Crippen LogP contribution in [-0.2, 0) is 4.74 Å². The van der Waals surface area contributed by atoms with E-state index in [1.165, 1.54) is 0 Å². The maximum Gasteiger partial charge on any atom is 0.157 e. The third kappa shape index (κ3) is 2.98. The van der Waals surface area contributed by atoms with Crippen LogP contribution in [0.5, 0.6) is 5.75 Å². The summed E-state index contributed by atoms with van der Waals surface area (Å²) in [6.07, 6.45) is 5.76.